The van der Waals surface area contributed by atoms with E-state index in [0.717, 1.165) is 5.56 Å². The van der Waals surface area contributed by atoms with Crippen molar-refractivity contribution >= 4 is 0 Å². The van der Waals surface area contributed by atoms with Crippen molar-refractivity contribution in [2.75, 3.05) is 6.61 Å². The Balaban J connectivity index is 2.55. The van der Waals surface area contributed by atoms with Crippen LogP contribution >= 0.6 is 0 Å². The number of hydrogen-bond donors (Lipinski definition) is 1. The van der Waals surface area contributed by atoms with Crippen molar-refractivity contribution in [3.8, 4) is 0 Å². The van der Waals surface area contributed by atoms with E-state index in [1.54, 1.807) is 0 Å². The molecule has 0 bridgehead atoms. The molecule has 2 heterocycles. The summed E-state index contributed by atoms with van der Waals surface area (Å²) in [6.45, 7) is 1.05. The van der Waals surface area contributed by atoms with Crippen LogP contribution in [0.2, 0.25) is 0 Å². The fourth-order valence-corrected chi connectivity index (χ4v) is 1.07. The van der Waals surface area contributed by atoms with E-state index in [1.165, 1.54) is 0 Å². The topological polar surface area (TPSA) is 55.2 Å². The number of H-pyrrole nitrogens is 1. The highest BCUT2D eigenvalue weighted by molar-refractivity contribution is 5.14. The summed E-state index contributed by atoms with van der Waals surface area (Å²) in [4.78, 5) is 10.9. The largest absolute Gasteiger partial charge is 0.381 e. The Hall–Kier alpha value is -1.03. The highest BCUT2D eigenvalue weighted by atomic mass is 16.5. The van der Waals surface area contributed by atoms with Crippen LogP contribution in [-0.4, -0.2) is 11.8 Å². The van der Waals surface area contributed by atoms with Crippen LogP contribution < -0.4 is 5.56 Å². The number of ether oxygens (including phenoxy) is 1. The van der Waals surface area contributed by atoms with E-state index in [4.69, 9.17) is 9.26 Å². The molecule has 4 nitrogen and oxygen atoms in total. The van der Waals surface area contributed by atoms with Crippen LogP contribution in [0, 0.1) is 0 Å². The Morgan fingerprint density at radius 3 is 3.20 bits per heavy atom. The number of hydrogen-bond acceptors (Lipinski definition) is 3. The molecule has 1 aromatic heterocycles. The summed E-state index contributed by atoms with van der Waals surface area (Å²) in [5.74, 6) is 0.649. The summed E-state index contributed by atoms with van der Waals surface area (Å²) < 4.78 is 9.88. The van der Waals surface area contributed by atoms with Gasteiger partial charge in [0.1, 0.15) is 6.61 Å². The molecule has 4 heteroatoms. The lowest BCUT2D eigenvalue weighted by atomic mass is 10.2. The maximum Gasteiger partial charge on any atom is 0.283 e. The molecule has 54 valence electrons. The third kappa shape index (κ3) is 0.690. The average Bonchev–Trinajstić information content (AvgIpc) is 2.34. The summed E-state index contributed by atoms with van der Waals surface area (Å²) in [5, 5.41) is 2.27. The Morgan fingerprint density at radius 1 is 1.50 bits per heavy atom. The molecule has 1 aliphatic rings. The van der Waals surface area contributed by atoms with Gasteiger partial charge in [-0.05, 0) is 0 Å². The van der Waals surface area contributed by atoms with E-state index in [1.807, 2.05) is 0 Å². The van der Waals surface area contributed by atoms with Crippen molar-refractivity contribution < 1.29 is 9.26 Å². The summed E-state index contributed by atoms with van der Waals surface area (Å²) in [6, 6.07) is 0. The van der Waals surface area contributed by atoms with Gasteiger partial charge in [0.2, 0.25) is 0 Å². The van der Waals surface area contributed by atoms with Crippen molar-refractivity contribution in [1.82, 2.24) is 5.16 Å². The maximum absolute atomic E-state index is 10.9. The summed E-state index contributed by atoms with van der Waals surface area (Å²) in [6.07, 6.45) is 0.668. The quantitative estimate of drug-likeness (QED) is 0.555. The number of fused-ring (bicyclic) bond motifs is 1. The van der Waals surface area contributed by atoms with Gasteiger partial charge in [0.05, 0.1) is 12.2 Å². The molecule has 0 amide bonds. The van der Waals surface area contributed by atoms with E-state index in [9.17, 15) is 4.79 Å². The Labute approximate surface area is 56.8 Å². The fraction of sp³-hybridized carbons (Fsp3) is 0.500. The molecule has 0 saturated carbocycles. The minimum Gasteiger partial charge on any atom is -0.381 e. The van der Waals surface area contributed by atoms with Gasteiger partial charge in [0.25, 0.3) is 5.56 Å². The first-order valence-electron chi connectivity index (χ1n) is 3.15. The minimum atomic E-state index is -0.113. The van der Waals surface area contributed by atoms with E-state index in [-0.39, 0.29) is 5.56 Å². The van der Waals surface area contributed by atoms with Crippen molar-refractivity contribution in [2.24, 2.45) is 0 Å². The van der Waals surface area contributed by atoms with Crippen molar-refractivity contribution in [1.29, 1.82) is 0 Å². The molecule has 0 aliphatic carbocycles. The van der Waals surface area contributed by atoms with Gasteiger partial charge >= 0.3 is 0 Å². The highest BCUT2D eigenvalue weighted by Crippen LogP contribution is 2.10. The Morgan fingerprint density at radius 2 is 2.40 bits per heavy atom. The molecule has 0 atom stereocenters. The van der Waals surface area contributed by atoms with Crippen molar-refractivity contribution in [2.45, 2.75) is 13.0 Å². The van der Waals surface area contributed by atoms with Crippen LogP contribution in [0.1, 0.15) is 11.3 Å². The van der Waals surface area contributed by atoms with Gasteiger partial charge in [-0.15, -0.1) is 0 Å². The number of aromatic amines is 1. The number of rotatable bonds is 0. The van der Waals surface area contributed by atoms with Crippen LogP contribution in [0.5, 0.6) is 0 Å². The summed E-state index contributed by atoms with van der Waals surface area (Å²) in [5.41, 5.74) is 0.629. The van der Waals surface area contributed by atoms with E-state index < -0.39 is 0 Å². The lowest BCUT2D eigenvalue weighted by Gasteiger charge is -2.06. The molecule has 0 saturated heterocycles. The SMILES string of the molecule is O=c1[nH]oc2c1CCOC2. The average molecular weight is 141 g/mol. The molecule has 10 heavy (non-hydrogen) atoms. The third-order valence-corrected chi connectivity index (χ3v) is 1.61. The first-order valence-corrected chi connectivity index (χ1v) is 3.15. The zero-order chi connectivity index (χ0) is 6.97. The molecular formula is C6H7NO3. The molecule has 1 N–H and O–H groups in total. The van der Waals surface area contributed by atoms with Gasteiger partial charge < -0.3 is 9.26 Å². The molecule has 1 aromatic rings. The monoisotopic (exact) mass is 141 g/mol. The van der Waals surface area contributed by atoms with Crippen molar-refractivity contribution in [3.05, 3.63) is 21.7 Å². The zero-order valence-electron chi connectivity index (χ0n) is 5.35. The Bertz CT molecular complexity index is 285. The van der Waals surface area contributed by atoms with Gasteiger partial charge in [-0.2, -0.15) is 5.16 Å². The fourth-order valence-electron chi connectivity index (χ4n) is 1.07. The summed E-state index contributed by atoms with van der Waals surface area (Å²) in [7, 11) is 0. The summed E-state index contributed by atoms with van der Waals surface area (Å²) >= 11 is 0. The number of aromatic nitrogens is 1. The predicted molar refractivity (Wildman–Crippen MR) is 32.7 cm³/mol. The lowest BCUT2D eigenvalue weighted by Crippen LogP contribution is -2.14. The second-order valence-electron chi connectivity index (χ2n) is 2.24. The molecule has 1 aliphatic heterocycles. The molecule has 0 unspecified atom stereocenters. The van der Waals surface area contributed by atoms with E-state index >= 15 is 0 Å². The van der Waals surface area contributed by atoms with Crippen molar-refractivity contribution in [3.63, 3.8) is 0 Å². The molecule has 0 spiro atoms. The second kappa shape index (κ2) is 1.98. The normalized spacial score (nSPS) is 16.8. The third-order valence-electron chi connectivity index (χ3n) is 1.61. The zero-order valence-corrected chi connectivity index (χ0v) is 5.35. The molecule has 0 fully saturated rings. The molecule has 0 aromatic carbocycles. The minimum absolute atomic E-state index is 0.113. The highest BCUT2D eigenvalue weighted by Gasteiger charge is 2.16. The first kappa shape index (κ1) is 5.73. The van der Waals surface area contributed by atoms with Crippen LogP contribution in [0.4, 0.5) is 0 Å². The standard InChI is InChI=1S/C6H7NO3/c8-6-4-1-2-9-3-5(4)10-7-6/h1-3H2,(H,7,8). The first-order chi connectivity index (χ1) is 4.88. The smallest absolute Gasteiger partial charge is 0.283 e. The van der Waals surface area contributed by atoms with Gasteiger partial charge in [0, 0.05) is 6.42 Å². The van der Waals surface area contributed by atoms with Crippen LogP contribution in [0.3, 0.4) is 0 Å². The second-order valence-corrected chi connectivity index (χ2v) is 2.24. The van der Waals surface area contributed by atoms with Gasteiger partial charge in [-0.25, -0.2) is 0 Å². The maximum atomic E-state index is 10.9. The lowest BCUT2D eigenvalue weighted by molar-refractivity contribution is 0.0894. The van der Waals surface area contributed by atoms with Crippen LogP contribution in [0.15, 0.2) is 9.32 Å². The molecule has 0 radical (unpaired) electrons. The van der Waals surface area contributed by atoms with Gasteiger partial charge in [-0.1, -0.05) is 0 Å². The number of nitrogens with one attached hydrogen (secondary N) is 1. The van der Waals surface area contributed by atoms with Crippen LogP contribution in [-0.2, 0) is 17.8 Å². The van der Waals surface area contributed by atoms with Crippen LogP contribution in [0.25, 0.3) is 0 Å². The molecule has 2 rings (SSSR count). The molecular weight excluding hydrogens is 134 g/mol. The van der Waals surface area contributed by atoms with Gasteiger partial charge in [0.15, 0.2) is 5.76 Å². The van der Waals surface area contributed by atoms with E-state index in [2.05, 4.69) is 5.16 Å². The predicted octanol–water partition coefficient (Wildman–Crippen LogP) is 0.0406. The van der Waals surface area contributed by atoms with Gasteiger partial charge in [-0.3, -0.25) is 4.79 Å². The van der Waals surface area contributed by atoms with E-state index in [0.29, 0.717) is 25.4 Å². The Kier molecular flexibility index (Phi) is 1.14.